The molecule has 1 aromatic heterocycles. The first-order chi connectivity index (χ1) is 9.15. The summed E-state index contributed by atoms with van der Waals surface area (Å²) in [5.74, 6) is -2.32. The Morgan fingerprint density at radius 1 is 1.16 bits per heavy atom. The lowest BCUT2D eigenvalue weighted by Gasteiger charge is -2.07. The number of furan rings is 1. The topological polar surface area (TPSA) is 25.2 Å². The standard InChI is InChI=1S/C14H12F3NO/c15-8-5-11(16)14(12(17)6-8)10-3-4-19-13(10)7-18-9-1-2-9/h3-6,9,18H,1-2,7H2. The molecule has 2 aromatic rings. The number of hydrogen-bond acceptors (Lipinski definition) is 2. The van der Waals surface area contributed by atoms with Crippen molar-refractivity contribution < 1.29 is 17.6 Å². The van der Waals surface area contributed by atoms with Crippen LogP contribution in [0, 0.1) is 17.5 Å². The van der Waals surface area contributed by atoms with Crippen LogP contribution in [0.1, 0.15) is 18.6 Å². The lowest BCUT2D eigenvalue weighted by molar-refractivity contribution is 0.482. The molecule has 100 valence electrons. The molecule has 3 rings (SSSR count). The number of benzene rings is 1. The largest absolute Gasteiger partial charge is 0.467 e. The van der Waals surface area contributed by atoms with E-state index < -0.39 is 17.5 Å². The van der Waals surface area contributed by atoms with Crippen LogP contribution >= 0.6 is 0 Å². The second-order valence-corrected chi connectivity index (χ2v) is 4.66. The molecule has 0 atom stereocenters. The van der Waals surface area contributed by atoms with Crippen LogP contribution in [0.5, 0.6) is 0 Å². The maximum absolute atomic E-state index is 13.7. The molecule has 5 heteroatoms. The molecule has 0 spiro atoms. The van der Waals surface area contributed by atoms with Crippen molar-refractivity contribution in [3.05, 3.63) is 47.7 Å². The minimum atomic E-state index is -0.931. The van der Waals surface area contributed by atoms with Gasteiger partial charge in [-0.3, -0.25) is 0 Å². The molecular weight excluding hydrogens is 255 g/mol. The number of halogens is 3. The van der Waals surface area contributed by atoms with Crippen molar-refractivity contribution in [2.24, 2.45) is 0 Å². The van der Waals surface area contributed by atoms with Crippen LogP contribution in [-0.4, -0.2) is 6.04 Å². The lowest BCUT2D eigenvalue weighted by atomic mass is 10.0. The predicted molar refractivity (Wildman–Crippen MR) is 63.9 cm³/mol. The Morgan fingerprint density at radius 2 is 1.84 bits per heavy atom. The zero-order chi connectivity index (χ0) is 13.4. The van der Waals surface area contributed by atoms with Crippen LogP contribution in [0.4, 0.5) is 13.2 Å². The molecular formula is C14H12F3NO. The molecule has 1 aliphatic carbocycles. The van der Waals surface area contributed by atoms with E-state index >= 15 is 0 Å². The molecule has 0 saturated heterocycles. The third-order valence-electron chi connectivity index (χ3n) is 3.15. The van der Waals surface area contributed by atoms with Crippen LogP contribution in [-0.2, 0) is 6.54 Å². The fourth-order valence-electron chi connectivity index (χ4n) is 2.02. The highest BCUT2D eigenvalue weighted by molar-refractivity contribution is 5.66. The molecule has 1 aromatic carbocycles. The maximum Gasteiger partial charge on any atom is 0.137 e. The summed E-state index contributed by atoms with van der Waals surface area (Å²) in [7, 11) is 0. The van der Waals surface area contributed by atoms with Gasteiger partial charge in [-0.25, -0.2) is 13.2 Å². The third kappa shape index (κ3) is 2.51. The highest BCUT2D eigenvalue weighted by Gasteiger charge is 2.23. The van der Waals surface area contributed by atoms with Crippen molar-refractivity contribution >= 4 is 0 Å². The first-order valence-corrected chi connectivity index (χ1v) is 6.10. The fourth-order valence-corrected chi connectivity index (χ4v) is 2.02. The Hall–Kier alpha value is -1.75. The highest BCUT2D eigenvalue weighted by Crippen LogP contribution is 2.31. The van der Waals surface area contributed by atoms with Gasteiger partial charge < -0.3 is 9.73 Å². The van der Waals surface area contributed by atoms with Gasteiger partial charge in [0.2, 0.25) is 0 Å². The Labute approximate surface area is 108 Å². The Bertz CT molecular complexity index is 581. The van der Waals surface area contributed by atoms with Gasteiger partial charge in [0.1, 0.15) is 23.2 Å². The number of hydrogen-bond donors (Lipinski definition) is 1. The molecule has 2 nitrogen and oxygen atoms in total. The molecule has 1 heterocycles. The molecule has 0 radical (unpaired) electrons. The quantitative estimate of drug-likeness (QED) is 0.915. The summed E-state index contributed by atoms with van der Waals surface area (Å²) >= 11 is 0. The smallest absolute Gasteiger partial charge is 0.137 e. The molecule has 0 unspecified atom stereocenters. The van der Waals surface area contributed by atoms with Crippen molar-refractivity contribution in [2.75, 3.05) is 0 Å². The minimum Gasteiger partial charge on any atom is -0.467 e. The van der Waals surface area contributed by atoms with E-state index in [4.69, 9.17) is 4.42 Å². The van der Waals surface area contributed by atoms with Crippen molar-refractivity contribution in [1.82, 2.24) is 5.32 Å². The first-order valence-electron chi connectivity index (χ1n) is 6.10. The summed E-state index contributed by atoms with van der Waals surface area (Å²) in [6.45, 7) is 0.406. The van der Waals surface area contributed by atoms with E-state index in [2.05, 4.69) is 5.32 Å². The van der Waals surface area contributed by atoms with Crippen molar-refractivity contribution in [3.8, 4) is 11.1 Å². The summed E-state index contributed by atoms with van der Waals surface area (Å²) < 4.78 is 45.6. The SMILES string of the molecule is Fc1cc(F)c(-c2ccoc2CNC2CC2)c(F)c1. The number of rotatable bonds is 4. The van der Waals surface area contributed by atoms with Gasteiger partial charge in [-0.1, -0.05) is 0 Å². The Morgan fingerprint density at radius 3 is 2.47 bits per heavy atom. The Kier molecular flexibility index (Phi) is 3.06. The van der Waals surface area contributed by atoms with Crippen LogP contribution < -0.4 is 5.32 Å². The van der Waals surface area contributed by atoms with Crippen LogP contribution in [0.15, 0.2) is 28.9 Å². The molecule has 0 amide bonds. The fraction of sp³-hybridized carbons (Fsp3) is 0.286. The van der Waals surface area contributed by atoms with E-state index in [1.54, 1.807) is 0 Å². The monoisotopic (exact) mass is 267 g/mol. The van der Waals surface area contributed by atoms with E-state index in [0.29, 0.717) is 36.0 Å². The average molecular weight is 267 g/mol. The molecule has 19 heavy (non-hydrogen) atoms. The summed E-state index contributed by atoms with van der Waals surface area (Å²) in [6.07, 6.45) is 3.59. The van der Waals surface area contributed by atoms with E-state index in [1.807, 2.05) is 0 Å². The van der Waals surface area contributed by atoms with Gasteiger partial charge in [0.05, 0.1) is 18.4 Å². The average Bonchev–Trinajstić information content (AvgIpc) is 3.06. The van der Waals surface area contributed by atoms with Gasteiger partial charge in [-0.2, -0.15) is 0 Å². The molecule has 0 aliphatic heterocycles. The van der Waals surface area contributed by atoms with Crippen molar-refractivity contribution in [2.45, 2.75) is 25.4 Å². The van der Waals surface area contributed by atoms with Crippen LogP contribution in [0.25, 0.3) is 11.1 Å². The van der Waals surface area contributed by atoms with Gasteiger partial charge >= 0.3 is 0 Å². The second kappa shape index (κ2) is 4.74. The van der Waals surface area contributed by atoms with Gasteiger partial charge in [0, 0.05) is 23.7 Å². The molecule has 1 aliphatic rings. The van der Waals surface area contributed by atoms with Gasteiger partial charge in [-0.15, -0.1) is 0 Å². The summed E-state index contributed by atoms with van der Waals surface area (Å²) in [5.41, 5.74) is 0.0749. The Balaban J connectivity index is 1.95. The summed E-state index contributed by atoms with van der Waals surface area (Å²) in [5, 5.41) is 3.21. The van der Waals surface area contributed by atoms with E-state index in [9.17, 15) is 13.2 Å². The zero-order valence-electron chi connectivity index (χ0n) is 10.1. The molecule has 0 bridgehead atoms. The highest BCUT2D eigenvalue weighted by atomic mass is 19.1. The maximum atomic E-state index is 13.7. The van der Waals surface area contributed by atoms with Gasteiger partial charge in [0.25, 0.3) is 0 Å². The normalized spacial score (nSPS) is 14.9. The third-order valence-corrected chi connectivity index (χ3v) is 3.15. The van der Waals surface area contributed by atoms with Crippen molar-refractivity contribution in [3.63, 3.8) is 0 Å². The van der Waals surface area contributed by atoms with Gasteiger partial charge in [-0.05, 0) is 18.9 Å². The van der Waals surface area contributed by atoms with E-state index in [1.165, 1.54) is 12.3 Å². The summed E-state index contributed by atoms with van der Waals surface area (Å²) in [4.78, 5) is 0. The van der Waals surface area contributed by atoms with Crippen LogP contribution in [0.3, 0.4) is 0 Å². The van der Waals surface area contributed by atoms with Crippen LogP contribution in [0.2, 0.25) is 0 Å². The number of nitrogens with one attached hydrogen (secondary N) is 1. The van der Waals surface area contributed by atoms with Gasteiger partial charge in [0.15, 0.2) is 0 Å². The predicted octanol–water partition coefficient (Wildman–Crippen LogP) is 3.62. The lowest BCUT2D eigenvalue weighted by Crippen LogP contribution is -2.15. The van der Waals surface area contributed by atoms with Crippen molar-refractivity contribution in [1.29, 1.82) is 0 Å². The van der Waals surface area contributed by atoms with E-state index in [-0.39, 0.29) is 5.56 Å². The molecule has 1 fully saturated rings. The minimum absolute atomic E-state index is 0.247. The zero-order valence-corrected chi connectivity index (χ0v) is 10.1. The second-order valence-electron chi connectivity index (χ2n) is 4.66. The molecule has 1 saturated carbocycles. The van der Waals surface area contributed by atoms with E-state index in [0.717, 1.165) is 12.8 Å². The molecule has 1 N–H and O–H groups in total. The first kappa shape index (κ1) is 12.3. The summed E-state index contributed by atoms with van der Waals surface area (Å²) in [6, 6.07) is 3.29.